The molecule has 0 N–H and O–H groups in total. The SMILES string of the molecule is C=C(C)C(=O)Oc1cc(OC(=O)C(=C)C)cc(-n2c3ccc4ccccc4c3c3c4ccccc4ccc32)c1.C=CCCCCn1c2ccc3ccccc3c2c2c3ccccc3ccc21.C=CCCCn1c2ccc3ccccc3c2c2c3ccccc3ccc21.C=CCCn1c2ccc3ccccc3c2c2c3ccccc3ccc21.C=CCn1c2ccc3ccccc3c2c2c3ccccc3ccc21. The van der Waals surface area contributed by atoms with Gasteiger partial charge in [-0.15, -0.1) is 26.3 Å². The maximum absolute atomic E-state index is 12.4. The van der Waals surface area contributed by atoms with Gasteiger partial charge in [-0.25, -0.2) is 9.59 Å². The zero-order chi connectivity index (χ0) is 95.9. The molecule has 0 atom stereocenters. The molecule has 0 amide bonds. The topological polar surface area (TPSA) is 77.2 Å². The van der Waals surface area contributed by atoms with Crippen LogP contribution in [0.3, 0.4) is 0 Å². The number of rotatable bonds is 19. The summed E-state index contributed by atoms with van der Waals surface area (Å²) in [6, 6.07) is 136. The van der Waals surface area contributed by atoms with Crippen LogP contribution in [0, 0.1) is 0 Å². The maximum Gasteiger partial charge on any atom is 0.338 e. The first-order chi connectivity index (χ1) is 69.3. The molecule has 0 bridgehead atoms. The lowest BCUT2D eigenvalue weighted by molar-refractivity contribution is -0.130. The van der Waals surface area contributed by atoms with E-state index >= 15 is 0 Å². The summed E-state index contributed by atoms with van der Waals surface area (Å²) in [6.45, 7) is 30.0. The quantitative estimate of drug-likeness (QED) is 0.0266. The molecule has 0 spiro atoms. The van der Waals surface area contributed by atoms with Crippen molar-refractivity contribution in [1.82, 2.24) is 22.8 Å². The van der Waals surface area contributed by atoms with E-state index in [4.69, 9.17) is 9.47 Å². The van der Waals surface area contributed by atoms with E-state index in [1.54, 1.807) is 26.0 Å². The van der Waals surface area contributed by atoms with Gasteiger partial charge < -0.3 is 32.3 Å². The van der Waals surface area contributed by atoms with Gasteiger partial charge in [0.15, 0.2) is 0 Å². The summed E-state index contributed by atoms with van der Waals surface area (Å²) in [7, 11) is 0. The number of hydrogen-bond donors (Lipinski definition) is 0. The second-order valence-electron chi connectivity index (χ2n) is 36.8. The largest absolute Gasteiger partial charge is 0.423 e. The van der Waals surface area contributed by atoms with E-state index in [0.29, 0.717) is 5.69 Å². The summed E-state index contributed by atoms with van der Waals surface area (Å²) in [5.74, 6) is -0.657. The summed E-state index contributed by atoms with van der Waals surface area (Å²) in [5, 5.41) is 38.8. The zero-order valence-corrected chi connectivity index (χ0v) is 79.4. The summed E-state index contributed by atoms with van der Waals surface area (Å²) in [6.07, 6.45) is 14.6. The summed E-state index contributed by atoms with van der Waals surface area (Å²) in [4.78, 5) is 24.8. The summed E-state index contributed by atoms with van der Waals surface area (Å²) in [5.41, 5.74) is 13.7. The van der Waals surface area contributed by atoms with Crippen molar-refractivity contribution in [2.24, 2.45) is 0 Å². The van der Waals surface area contributed by atoms with Crippen molar-refractivity contribution in [3.8, 4) is 17.2 Å². The number of nitrogens with zero attached hydrogens (tertiary/aromatic N) is 5. The van der Waals surface area contributed by atoms with E-state index in [-0.39, 0.29) is 22.6 Å². The minimum absolute atomic E-state index is 0.238. The highest BCUT2D eigenvalue weighted by atomic mass is 16.5. The minimum atomic E-state index is -0.566. The number of aryl methyl sites for hydroxylation is 3. The standard InChI is InChI=1S/C34H25NO4.C26H23N.C25H21N.C24H19N.C23H17N/c1-20(2)33(36)38-25-17-24(18-26(19-25)39-34(37)21(3)4)35-29-15-13-22-9-5-7-11-27(22)31(29)32-28-12-8-6-10-23(28)14-16-30(32)35;1-2-3-4-9-18-27-23-16-14-19-10-5-7-12-21(19)25(23)26-22-13-8-6-11-20(22)15-17-24(26)27;1-2-3-8-17-26-22-15-13-18-9-4-6-11-20(18)24(22)25-21-12-7-5-10-19(21)14-16-23(25)26;1-2-3-16-25-21-14-12-17-8-4-6-10-19(17)23(21)24-20-11-7-5-9-18(20)13-15-22(24)25;1-2-15-24-20-13-11-16-7-3-5-9-18(16)22(20)23-19-10-6-4-8-17(19)12-14-21(23)24/h5-19H,1,3H2,2,4H3;2,5-8,10-17H,1,3-4,9,18H2;2,4-7,9-16H,1,3,8,17H2;2,4-15H,1,3,16H2;2-14H,1,15H2. The monoisotopic (exact) mass is 1820 g/mol. The van der Waals surface area contributed by atoms with E-state index in [1.165, 1.54) is 192 Å². The van der Waals surface area contributed by atoms with Crippen molar-refractivity contribution in [2.45, 2.75) is 78.6 Å². The molecule has 0 aliphatic carbocycles. The number of carbonyl (C=O) groups excluding carboxylic acids is 2. The van der Waals surface area contributed by atoms with Gasteiger partial charge in [0.1, 0.15) is 11.5 Å². The van der Waals surface area contributed by atoms with E-state index in [9.17, 15) is 9.59 Å². The lowest BCUT2D eigenvalue weighted by Crippen LogP contribution is -2.11. The van der Waals surface area contributed by atoms with Crippen molar-refractivity contribution >= 4 is 229 Å². The molecule has 682 valence electrons. The van der Waals surface area contributed by atoms with Crippen LogP contribution in [0.1, 0.15) is 52.4 Å². The van der Waals surface area contributed by atoms with Crippen LogP contribution in [0.4, 0.5) is 0 Å². The van der Waals surface area contributed by atoms with E-state index in [0.717, 1.165) is 95.2 Å². The Morgan fingerprint density at radius 2 is 0.447 bits per heavy atom. The Labute approximate surface area is 817 Å². The number of carbonyl (C=O) groups is 2. The van der Waals surface area contributed by atoms with Crippen molar-refractivity contribution < 1.29 is 19.1 Å². The Morgan fingerprint density at radius 1 is 0.234 bits per heavy atom. The first-order valence-corrected chi connectivity index (χ1v) is 48.8. The van der Waals surface area contributed by atoms with Gasteiger partial charge in [0.2, 0.25) is 0 Å². The Balaban J connectivity index is 0.000000102. The van der Waals surface area contributed by atoms with Crippen LogP contribution in [0.25, 0.3) is 222 Å². The molecule has 9 heteroatoms. The van der Waals surface area contributed by atoms with Gasteiger partial charge in [-0.3, -0.25) is 0 Å². The van der Waals surface area contributed by atoms with Crippen LogP contribution >= 0.6 is 0 Å². The van der Waals surface area contributed by atoms with Crippen molar-refractivity contribution in [3.05, 3.63) is 457 Å². The Kier molecular flexibility index (Phi) is 24.1. The average Bonchev–Trinajstić information content (AvgIpc) is 1.57. The van der Waals surface area contributed by atoms with E-state index in [1.807, 2.05) is 48.6 Å². The van der Waals surface area contributed by atoms with Gasteiger partial charge in [-0.2, -0.15) is 0 Å². The second kappa shape index (κ2) is 38.3. The molecule has 5 aromatic heterocycles. The second-order valence-corrected chi connectivity index (χ2v) is 36.8. The molecule has 21 aromatic carbocycles. The van der Waals surface area contributed by atoms with E-state index in [2.05, 4.69) is 402 Å². The number of esters is 2. The van der Waals surface area contributed by atoms with E-state index < -0.39 is 11.9 Å². The highest BCUT2D eigenvalue weighted by Crippen LogP contribution is 2.47. The fourth-order valence-electron chi connectivity index (χ4n) is 21.7. The lowest BCUT2D eigenvalue weighted by atomic mass is 10.00. The predicted octanol–water partition coefficient (Wildman–Crippen LogP) is 35.5. The van der Waals surface area contributed by atoms with Crippen molar-refractivity contribution in [3.63, 3.8) is 0 Å². The smallest absolute Gasteiger partial charge is 0.338 e. The van der Waals surface area contributed by atoms with Gasteiger partial charge in [0.25, 0.3) is 0 Å². The van der Waals surface area contributed by atoms with Gasteiger partial charge >= 0.3 is 11.9 Å². The summed E-state index contributed by atoms with van der Waals surface area (Å²) < 4.78 is 23.1. The molecule has 0 aliphatic rings. The molecule has 5 heterocycles. The third-order valence-electron chi connectivity index (χ3n) is 28.1. The van der Waals surface area contributed by atoms with Crippen LogP contribution in [0.5, 0.6) is 11.5 Å². The molecule has 0 aliphatic heterocycles. The van der Waals surface area contributed by atoms with Gasteiger partial charge in [0, 0.05) is 142 Å². The van der Waals surface area contributed by atoms with Gasteiger partial charge in [-0.1, -0.05) is 341 Å². The lowest BCUT2D eigenvalue weighted by Gasteiger charge is -2.14. The third kappa shape index (κ3) is 16.1. The predicted molar refractivity (Wildman–Crippen MR) is 603 cm³/mol. The number of ether oxygens (including phenoxy) is 2. The van der Waals surface area contributed by atoms with Gasteiger partial charge in [0.05, 0.1) is 27.8 Å². The maximum atomic E-state index is 12.4. The minimum Gasteiger partial charge on any atom is -0.423 e. The molecule has 141 heavy (non-hydrogen) atoms. The Bertz CT molecular complexity index is 9110. The molecule has 0 fully saturated rings. The number of fused-ring (bicyclic) bond motifs is 35. The van der Waals surface area contributed by atoms with Crippen LogP contribution < -0.4 is 9.47 Å². The summed E-state index contributed by atoms with van der Waals surface area (Å²) >= 11 is 0. The average molecular weight is 1830 g/mol. The number of allylic oxidation sites excluding steroid dienone is 4. The van der Waals surface area contributed by atoms with Crippen molar-refractivity contribution in [1.29, 1.82) is 0 Å². The molecule has 0 saturated carbocycles. The molecular weight excluding hydrogens is 1720 g/mol. The molecule has 0 unspecified atom stereocenters. The Hall–Kier alpha value is -17.4. The van der Waals surface area contributed by atoms with Crippen molar-refractivity contribution in [2.75, 3.05) is 0 Å². The number of unbranched alkanes of at least 4 members (excludes halogenated alkanes) is 3. The molecular formula is C132H105N5O4. The molecule has 0 radical (unpaired) electrons. The third-order valence-corrected chi connectivity index (χ3v) is 28.1. The van der Waals surface area contributed by atoms with Crippen LogP contribution in [-0.2, 0) is 35.8 Å². The fourth-order valence-corrected chi connectivity index (χ4v) is 21.7. The molecule has 26 rings (SSSR count). The number of benzene rings is 21. The number of hydrogen-bond acceptors (Lipinski definition) is 4. The van der Waals surface area contributed by atoms with Crippen LogP contribution in [0.2, 0.25) is 0 Å². The molecule has 0 saturated heterocycles. The highest BCUT2D eigenvalue weighted by Gasteiger charge is 2.25. The molecule has 26 aromatic rings. The fraction of sp³-hybridized carbons (Fsp3) is 0.0909. The van der Waals surface area contributed by atoms with Crippen LogP contribution in [-0.4, -0.2) is 34.8 Å². The number of aromatic nitrogens is 5. The zero-order valence-electron chi connectivity index (χ0n) is 79.4. The first kappa shape index (κ1) is 88.9. The first-order valence-electron chi connectivity index (χ1n) is 48.8. The normalized spacial score (nSPS) is 11.6. The van der Waals surface area contributed by atoms with Gasteiger partial charge in [-0.05, 0) is 221 Å². The highest BCUT2D eigenvalue weighted by molar-refractivity contribution is 6.33. The molecule has 9 nitrogen and oxygen atoms in total. The van der Waals surface area contributed by atoms with Crippen LogP contribution in [0.15, 0.2) is 457 Å². The Morgan fingerprint density at radius 3 is 0.688 bits per heavy atom.